The number of H-pyrrole nitrogens is 1. The molecule has 0 saturated heterocycles. The van der Waals surface area contributed by atoms with Gasteiger partial charge < -0.3 is 10.1 Å². The van der Waals surface area contributed by atoms with Gasteiger partial charge in [-0.05, 0) is 22.4 Å². The van der Waals surface area contributed by atoms with Gasteiger partial charge >= 0.3 is 5.69 Å². The van der Waals surface area contributed by atoms with E-state index in [2.05, 4.69) is 20.9 Å². The fourth-order valence-corrected chi connectivity index (χ4v) is 1.25. The molecule has 1 aromatic heterocycles. The summed E-state index contributed by atoms with van der Waals surface area (Å²) in [6.45, 7) is 0.183. The number of halogens is 1. The summed E-state index contributed by atoms with van der Waals surface area (Å²) in [5, 5.41) is 8.54. The maximum Gasteiger partial charge on any atom is 0.328 e. The normalized spacial score (nSPS) is 10.3. The van der Waals surface area contributed by atoms with Crippen molar-refractivity contribution in [2.45, 2.75) is 13.0 Å². The van der Waals surface area contributed by atoms with Crippen LogP contribution in [0.25, 0.3) is 0 Å². The number of nitrogens with one attached hydrogen (secondary N) is 1. The molecule has 0 aliphatic heterocycles. The van der Waals surface area contributed by atoms with Gasteiger partial charge in [-0.15, -0.1) is 0 Å². The van der Waals surface area contributed by atoms with Gasteiger partial charge in [0.2, 0.25) is 0 Å². The molecule has 2 N–H and O–H groups in total. The Balaban J connectivity index is 3.11. The summed E-state index contributed by atoms with van der Waals surface area (Å²) in [5.74, 6) is 0. The summed E-state index contributed by atoms with van der Waals surface area (Å²) < 4.78 is 1.35. The van der Waals surface area contributed by atoms with Gasteiger partial charge in [-0.1, -0.05) is 0 Å². The first-order chi connectivity index (χ1) is 6.16. The zero-order valence-electron chi connectivity index (χ0n) is 6.79. The van der Waals surface area contributed by atoms with Crippen molar-refractivity contribution in [3.63, 3.8) is 0 Å². The molecular formula is C7H9BrN2O3. The van der Waals surface area contributed by atoms with Gasteiger partial charge in [0.1, 0.15) is 0 Å². The van der Waals surface area contributed by atoms with E-state index < -0.39 is 5.69 Å². The van der Waals surface area contributed by atoms with Crippen LogP contribution in [-0.2, 0) is 6.54 Å². The largest absolute Gasteiger partial charge is 0.396 e. The van der Waals surface area contributed by atoms with E-state index in [1.54, 1.807) is 0 Å². The number of hydrogen-bond donors (Lipinski definition) is 2. The second-order valence-corrected chi connectivity index (χ2v) is 3.33. The van der Waals surface area contributed by atoms with Crippen LogP contribution in [0.5, 0.6) is 0 Å². The minimum atomic E-state index is -0.457. The molecule has 72 valence electrons. The van der Waals surface area contributed by atoms with E-state index in [1.807, 2.05) is 0 Å². The molecule has 13 heavy (non-hydrogen) atoms. The number of aromatic amines is 1. The van der Waals surface area contributed by atoms with Crippen LogP contribution in [0, 0.1) is 0 Å². The lowest BCUT2D eigenvalue weighted by atomic mass is 10.4. The van der Waals surface area contributed by atoms with E-state index in [0.717, 1.165) is 4.57 Å². The van der Waals surface area contributed by atoms with Crippen molar-refractivity contribution in [3.8, 4) is 0 Å². The van der Waals surface area contributed by atoms with Gasteiger partial charge in [-0.3, -0.25) is 9.36 Å². The molecule has 0 amide bonds. The molecule has 0 bridgehead atoms. The van der Waals surface area contributed by atoms with E-state index >= 15 is 0 Å². The highest BCUT2D eigenvalue weighted by Gasteiger charge is 2.03. The summed E-state index contributed by atoms with van der Waals surface area (Å²) in [7, 11) is 0. The molecule has 0 spiro atoms. The summed E-state index contributed by atoms with van der Waals surface area (Å²) >= 11 is 3.01. The number of aliphatic hydroxyl groups is 1. The van der Waals surface area contributed by atoms with Crippen LogP contribution in [0.1, 0.15) is 6.42 Å². The van der Waals surface area contributed by atoms with Crippen LogP contribution < -0.4 is 11.2 Å². The first-order valence-corrected chi connectivity index (χ1v) is 4.55. The van der Waals surface area contributed by atoms with E-state index in [4.69, 9.17) is 5.11 Å². The first-order valence-electron chi connectivity index (χ1n) is 3.75. The lowest BCUT2D eigenvalue weighted by molar-refractivity contribution is 0.278. The van der Waals surface area contributed by atoms with E-state index in [0.29, 0.717) is 10.9 Å². The third kappa shape index (κ3) is 2.28. The van der Waals surface area contributed by atoms with Crippen molar-refractivity contribution >= 4 is 15.9 Å². The van der Waals surface area contributed by atoms with E-state index in [1.165, 1.54) is 6.20 Å². The van der Waals surface area contributed by atoms with Gasteiger partial charge in [0.15, 0.2) is 0 Å². The molecule has 5 nitrogen and oxygen atoms in total. The average Bonchev–Trinajstić information content (AvgIpc) is 2.12. The van der Waals surface area contributed by atoms with Gasteiger partial charge in [0, 0.05) is 19.3 Å². The molecule has 0 radical (unpaired) electrons. The van der Waals surface area contributed by atoms with Crippen LogP contribution in [0.4, 0.5) is 0 Å². The summed E-state index contributed by atoms with van der Waals surface area (Å²) in [5.41, 5.74) is -0.834. The molecule has 0 fully saturated rings. The predicted molar refractivity (Wildman–Crippen MR) is 50.7 cm³/mol. The summed E-state index contributed by atoms with van der Waals surface area (Å²) in [6.07, 6.45) is 1.69. The Labute approximate surface area is 82.2 Å². The molecule has 1 rings (SSSR count). The maximum atomic E-state index is 11.3. The molecule has 0 aromatic carbocycles. The standard InChI is InChI=1S/C7H9BrN2O3/c8-5-4-9-7(13)10(6(5)12)2-1-3-11/h4,11H,1-3H2,(H,9,13). The van der Waals surface area contributed by atoms with E-state index in [-0.39, 0.29) is 18.7 Å². The Kier molecular flexibility index (Phi) is 3.44. The third-order valence-corrected chi connectivity index (χ3v) is 2.12. The van der Waals surface area contributed by atoms with Crippen LogP contribution in [-0.4, -0.2) is 21.3 Å². The molecule has 6 heteroatoms. The highest BCUT2D eigenvalue weighted by molar-refractivity contribution is 9.10. The Morgan fingerprint density at radius 2 is 2.23 bits per heavy atom. The fourth-order valence-electron chi connectivity index (χ4n) is 0.918. The highest BCUT2D eigenvalue weighted by atomic mass is 79.9. The third-order valence-electron chi connectivity index (χ3n) is 1.56. The van der Waals surface area contributed by atoms with Crippen molar-refractivity contribution < 1.29 is 5.11 Å². The second kappa shape index (κ2) is 4.38. The van der Waals surface area contributed by atoms with Crippen molar-refractivity contribution in [2.75, 3.05) is 6.61 Å². The van der Waals surface area contributed by atoms with Crippen molar-refractivity contribution in [1.29, 1.82) is 0 Å². The number of rotatable bonds is 3. The summed E-state index contributed by atoms with van der Waals surface area (Å²) in [4.78, 5) is 24.8. The monoisotopic (exact) mass is 248 g/mol. The maximum absolute atomic E-state index is 11.3. The molecule has 1 heterocycles. The van der Waals surface area contributed by atoms with Gasteiger partial charge in [-0.25, -0.2) is 4.79 Å². The lowest BCUT2D eigenvalue weighted by Crippen LogP contribution is -2.35. The second-order valence-electron chi connectivity index (χ2n) is 2.48. The van der Waals surface area contributed by atoms with Crippen LogP contribution in [0.15, 0.2) is 20.3 Å². The van der Waals surface area contributed by atoms with Crippen LogP contribution >= 0.6 is 15.9 Å². The van der Waals surface area contributed by atoms with Crippen LogP contribution in [0.2, 0.25) is 0 Å². The molecule has 0 aliphatic carbocycles. The number of aliphatic hydroxyl groups excluding tert-OH is 1. The first kappa shape index (κ1) is 10.2. The molecule has 0 saturated carbocycles. The quantitative estimate of drug-likeness (QED) is 0.770. The summed E-state index contributed by atoms with van der Waals surface area (Å²) in [6, 6.07) is 0. The van der Waals surface area contributed by atoms with Crippen molar-refractivity contribution in [2.24, 2.45) is 0 Å². The average molecular weight is 249 g/mol. The number of hydrogen-bond acceptors (Lipinski definition) is 3. The van der Waals surface area contributed by atoms with E-state index in [9.17, 15) is 9.59 Å². The fraction of sp³-hybridized carbons (Fsp3) is 0.429. The minimum Gasteiger partial charge on any atom is -0.396 e. The zero-order chi connectivity index (χ0) is 9.84. The van der Waals surface area contributed by atoms with Crippen LogP contribution in [0.3, 0.4) is 0 Å². The Hall–Kier alpha value is -0.880. The molecule has 0 aliphatic rings. The molecular weight excluding hydrogens is 240 g/mol. The predicted octanol–water partition coefficient (Wildman–Crippen LogP) is -0.318. The number of nitrogens with zero attached hydrogens (tertiary/aromatic N) is 1. The topological polar surface area (TPSA) is 75.1 Å². The van der Waals surface area contributed by atoms with Gasteiger partial charge in [0.05, 0.1) is 4.47 Å². The zero-order valence-corrected chi connectivity index (χ0v) is 8.37. The Morgan fingerprint density at radius 3 is 2.85 bits per heavy atom. The smallest absolute Gasteiger partial charge is 0.328 e. The molecule has 1 aromatic rings. The minimum absolute atomic E-state index is 0.0433. The Morgan fingerprint density at radius 1 is 1.54 bits per heavy atom. The number of aromatic nitrogens is 2. The van der Waals surface area contributed by atoms with Gasteiger partial charge in [0.25, 0.3) is 5.56 Å². The SMILES string of the molecule is O=c1[nH]cc(Br)c(=O)n1CCCO. The lowest BCUT2D eigenvalue weighted by Gasteiger charge is -2.01. The molecule has 0 atom stereocenters. The van der Waals surface area contributed by atoms with Gasteiger partial charge in [-0.2, -0.15) is 0 Å². The molecule has 0 unspecified atom stereocenters. The highest BCUT2D eigenvalue weighted by Crippen LogP contribution is 1.96. The van der Waals surface area contributed by atoms with Crippen molar-refractivity contribution in [3.05, 3.63) is 31.5 Å². The van der Waals surface area contributed by atoms with Crippen molar-refractivity contribution in [1.82, 2.24) is 9.55 Å². The Bertz CT molecular complexity index is 395.